The van der Waals surface area contributed by atoms with Crippen LogP contribution in [0, 0.1) is 0 Å². The molecule has 0 bridgehead atoms. The predicted octanol–water partition coefficient (Wildman–Crippen LogP) is 13.6. The molecule has 0 aliphatic carbocycles. The van der Waals surface area contributed by atoms with E-state index >= 15 is 0 Å². The van der Waals surface area contributed by atoms with Crippen LogP contribution in [0.3, 0.4) is 0 Å². The second kappa shape index (κ2) is 16.2. The third-order valence-electron chi connectivity index (χ3n) is 9.87. The van der Waals surface area contributed by atoms with Crippen LogP contribution in [0.1, 0.15) is 13.8 Å². The summed E-state index contributed by atoms with van der Waals surface area (Å²) in [6.07, 6.45) is 0. The van der Waals surface area contributed by atoms with Crippen molar-refractivity contribution < 1.29 is 19.1 Å². The Kier molecular flexibility index (Phi) is 10.4. The third kappa shape index (κ3) is 7.72. The predicted molar refractivity (Wildman–Crippen MR) is 237 cm³/mol. The molecule has 0 spiro atoms. The van der Waals surface area contributed by atoms with Gasteiger partial charge in [-0.1, -0.05) is 122 Å². The van der Waals surface area contributed by atoms with Gasteiger partial charge in [0.15, 0.2) is 0 Å². The maximum atomic E-state index is 12.4. The Hall–Kier alpha value is -7.70. The molecule has 58 heavy (non-hydrogen) atoms. The molecule has 8 aromatic carbocycles. The number of hydrogen-bond donors (Lipinski definition) is 0. The monoisotopic (exact) mass is 756 g/mol. The van der Waals surface area contributed by atoms with Crippen LogP contribution in [0.4, 0.5) is 34.1 Å². The van der Waals surface area contributed by atoms with Gasteiger partial charge >= 0.3 is 11.9 Å². The molecule has 0 fully saturated rings. The molecule has 0 N–H and O–H groups in total. The molecule has 0 aliphatic heterocycles. The molecule has 0 amide bonds. The molecule has 6 heteroatoms. The van der Waals surface area contributed by atoms with Crippen molar-refractivity contribution in [2.45, 2.75) is 13.8 Å². The van der Waals surface area contributed by atoms with Gasteiger partial charge in [0.05, 0.1) is 11.4 Å². The lowest BCUT2D eigenvalue weighted by atomic mass is 10.0. The summed E-state index contributed by atoms with van der Waals surface area (Å²) in [5.41, 5.74) is 8.29. The van der Waals surface area contributed by atoms with Gasteiger partial charge < -0.3 is 19.3 Å². The van der Waals surface area contributed by atoms with Crippen LogP contribution >= 0.6 is 0 Å². The highest BCUT2D eigenvalue weighted by atomic mass is 16.5. The first-order valence-electron chi connectivity index (χ1n) is 19.0. The molecule has 0 aliphatic rings. The zero-order chi connectivity index (χ0) is 40.2. The van der Waals surface area contributed by atoms with Crippen LogP contribution in [0.15, 0.2) is 206 Å². The summed E-state index contributed by atoms with van der Waals surface area (Å²) in [5.74, 6) is -0.0710. The topological polar surface area (TPSA) is 59.1 Å². The summed E-state index contributed by atoms with van der Waals surface area (Å²) >= 11 is 0. The summed E-state index contributed by atoms with van der Waals surface area (Å²) in [5, 5.41) is 4.40. The van der Waals surface area contributed by atoms with E-state index in [1.807, 2.05) is 60.7 Å². The Balaban J connectivity index is 1.16. The maximum Gasteiger partial charge on any atom is 0.338 e. The Morgan fingerprint density at radius 1 is 0.414 bits per heavy atom. The van der Waals surface area contributed by atoms with Crippen molar-refractivity contribution in [3.8, 4) is 22.6 Å². The van der Waals surface area contributed by atoms with Crippen molar-refractivity contribution in [2.75, 3.05) is 9.80 Å². The SMILES string of the molecule is C=C(C)C(=O)Oc1cccc(N(c2ccc(-c3ccc(N(c4cccc(OC(=O)C(=C)C)c4)c4cccc5ccccc45)cc3)cc2)c2cccc3ccccc23)c1. The van der Waals surface area contributed by atoms with Gasteiger partial charge in [0.2, 0.25) is 0 Å². The van der Waals surface area contributed by atoms with Crippen LogP contribution in [0.5, 0.6) is 11.5 Å². The molecule has 8 rings (SSSR count). The number of anilines is 6. The molecule has 6 nitrogen and oxygen atoms in total. The van der Waals surface area contributed by atoms with Crippen LogP contribution in [-0.2, 0) is 9.59 Å². The fourth-order valence-corrected chi connectivity index (χ4v) is 7.03. The smallest absolute Gasteiger partial charge is 0.338 e. The van der Waals surface area contributed by atoms with Crippen LogP contribution in [0.2, 0.25) is 0 Å². The number of nitrogens with zero attached hydrogens (tertiary/aromatic N) is 2. The molecule has 0 aromatic heterocycles. The van der Waals surface area contributed by atoms with E-state index < -0.39 is 11.9 Å². The minimum atomic E-state index is -0.470. The molecule has 0 heterocycles. The van der Waals surface area contributed by atoms with Gasteiger partial charge in [-0.05, 0) is 96.4 Å². The summed E-state index contributed by atoms with van der Waals surface area (Å²) < 4.78 is 11.3. The van der Waals surface area contributed by atoms with Gasteiger partial charge in [-0.15, -0.1) is 0 Å². The van der Waals surface area contributed by atoms with Crippen LogP contribution < -0.4 is 19.3 Å². The zero-order valence-electron chi connectivity index (χ0n) is 32.3. The maximum absolute atomic E-state index is 12.4. The summed E-state index contributed by atoms with van der Waals surface area (Å²) in [7, 11) is 0. The lowest BCUT2D eigenvalue weighted by molar-refractivity contribution is -0.130. The normalized spacial score (nSPS) is 10.9. The molecule has 0 atom stereocenters. The number of esters is 2. The number of carbonyl (C=O) groups is 2. The van der Waals surface area contributed by atoms with E-state index in [1.54, 1.807) is 26.0 Å². The van der Waals surface area contributed by atoms with E-state index in [1.165, 1.54) is 0 Å². The molecule has 0 radical (unpaired) electrons. The number of rotatable bonds is 11. The molecule has 0 unspecified atom stereocenters. The lowest BCUT2D eigenvalue weighted by Gasteiger charge is -2.28. The highest BCUT2D eigenvalue weighted by molar-refractivity contribution is 6.00. The van der Waals surface area contributed by atoms with E-state index in [2.05, 4.69) is 132 Å². The largest absolute Gasteiger partial charge is 0.423 e. The molecule has 0 saturated carbocycles. The summed E-state index contributed by atoms with van der Waals surface area (Å²) in [6.45, 7) is 10.7. The second-order valence-corrected chi connectivity index (χ2v) is 14.1. The van der Waals surface area contributed by atoms with Gasteiger partial charge in [-0.3, -0.25) is 0 Å². The Labute approximate surface area is 338 Å². The Morgan fingerprint density at radius 2 is 0.776 bits per heavy atom. The first kappa shape index (κ1) is 37.2. The molecular formula is C52H40N2O4. The zero-order valence-corrected chi connectivity index (χ0v) is 32.3. The third-order valence-corrected chi connectivity index (χ3v) is 9.87. The van der Waals surface area contributed by atoms with Gasteiger partial charge in [0.25, 0.3) is 0 Å². The fraction of sp³-hybridized carbons (Fsp3) is 0.0385. The quantitative estimate of drug-likeness (QED) is 0.0744. The molecule has 0 saturated heterocycles. The van der Waals surface area contributed by atoms with E-state index in [0.29, 0.717) is 22.6 Å². The van der Waals surface area contributed by atoms with Crippen molar-refractivity contribution in [1.29, 1.82) is 0 Å². The van der Waals surface area contributed by atoms with Crippen LogP contribution in [0.25, 0.3) is 32.7 Å². The summed E-state index contributed by atoms with van der Waals surface area (Å²) in [6, 6.07) is 61.1. The molecule has 282 valence electrons. The van der Waals surface area contributed by atoms with E-state index in [-0.39, 0.29) is 0 Å². The van der Waals surface area contributed by atoms with Crippen molar-refractivity contribution in [2.24, 2.45) is 0 Å². The first-order chi connectivity index (χ1) is 28.2. The number of hydrogen-bond acceptors (Lipinski definition) is 6. The summed E-state index contributed by atoms with van der Waals surface area (Å²) in [4.78, 5) is 29.2. The average molecular weight is 757 g/mol. The minimum absolute atomic E-state index is 0.331. The number of carbonyl (C=O) groups excluding carboxylic acids is 2. The fourth-order valence-electron chi connectivity index (χ4n) is 7.03. The van der Waals surface area contributed by atoms with E-state index in [4.69, 9.17) is 9.47 Å². The van der Waals surface area contributed by atoms with Crippen LogP contribution in [-0.4, -0.2) is 11.9 Å². The highest BCUT2D eigenvalue weighted by Gasteiger charge is 2.19. The number of ether oxygens (including phenoxy) is 2. The molecular weight excluding hydrogens is 717 g/mol. The van der Waals surface area contributed by atoms with Gasteiger partial charge in [0, 0.05) is 56.8 Å². The first-order valence-corrected chi connectivity index (χ1v) is 19.0. The average Bonchev–Trinajstić information content (AvgIpc) is 3.25. The highest BCUT2D eigenvalue weighted by Crippen LogP contribution is 2.43. The number of fused-ring (bicyclic) bond motifs is 2. The van der Waals surface area contributed by atoms with Crippen molar-refractivity contribution in [3.63, 3.8) is 0 Å². The Bertz CT molecular complexity index is 2640. The van der Waals surface area contributed by atoms with Gasteiger partial charge in [-0.2, -0.15) is 0 Å². The van der Waals surface area contributed by atoms with E-state index in [0.717, 1.165) is 66.8 Å². The Morgan fingerprint density at radius 3 is 1.17 bits per heavy atom. The van der Waals surface area contributed by atoms with Crippen molar-refractivity contribution >= 4 is 67.6 Å². The number of benzene rings is 8. The second-order valence-electron chi connectivity index (χ2n) is 14.1. The van der Waals surface area contributed by atoms with Crippen molar-refractivity contribution in [1.82, 2.24) is 0 Å². The van der Waals surface area contributed by atoms with Gasteiger partial charge in [-0.25, -0.2) is 9.59 Å². The standard InChI is InChI=1S/C52H40N2O4/c1-35(2)51(55)57-45-19-11-17-43(33-45)53(49-23-9-15-39-13-5-7-21-47(39)49)41-29-25-37(26-30-41)38-27-31-42(32-28-38)54(50-24-10-16-40-14-6-8-22-48(40)50)44-18-12-20-46(34-44)58-52(56)36(3)4/h5-34H,1,3H2,2,4H3. The molecule has 8 aromatic rings. The van der Waals surface area contributed by atoms with Crippen molar-refractivity contribution in [3.05, 3.63) is 206 Å². The minimum Gasteiger partial charge on any atom is -0.423 e. The van der Waals surface area contributed by atoms with Gasteiger partial charge in [0.1, 0.15) is 11.5 Å². The lowest BCUT2D eigenvalue weighted by Crippen LogP contribution is -2.12. The van der Waals surface area contributed by atoms with E-state index in [9.17, 15) is 9.59 Å².